The molecule has 2 aliphatic rings. The van der Waals surface area contributed by atoms with Crippen LogP contribution in [0.3, 0.4) is 0 Å². The summed E-state index contributed by atoms with van der Waals surface area (Å²) in [5.74, 6) is 0.437. The molecule has 1 atom stereocenters. The van der Waals surface area contributed by atoms with Crippen molar-refractivity contribution >= 4 is 28.4 Å². The van der Waals surface area contributed by atoms with E-state index in [1.807, 2.05) is 71.2 Å². The molecular weight excluding hydrogens is 378 g/mol. The van der Waals surface area contributed by atoms with Gasteiger partial charge in [0, 0.05) is 37.2 Å². The van der Waals surface area contributed by atoms with Crippen molar-refractivity contribution in [3.05, 3.63) is 60.3 Å². The maximum absolute atomic E-state index is 13.7. The molecule has 0 saturated carbocycles. The lowest BCUT2D eigenvalue weighted by Gasteiger charge is -2.37. The van der Waals surface area contributed by atoms with Crippen molar-refractivity contribution in [3.63, 3.8) is 0 Å². The van der Waals surface area contributed by atoms with E-state index in [0.29, 0.717) is 17.0 Å². The monoisotopic (exact) mass is 403 g/mol. The van der Waals surface area contributed by atoms with Crippen LogP contribution in [0.5, 0.6) is 5.75 Å². The van der Waals surface area contributed by atoms with E-state index in [4.69, 9.17) is 4.74 Å². The van der Waals surface area contributed by atoms with Crippen LogP contribution in [0.15, 0.2) is 54.7 Å². The number of ether oxygens (including phenoxy) is 1. The summed E-state index contributed by atoms with van der Waals surface area (Å²) in [5.41, 5.74) is 2.34. The molecule has 2 aliphatic heterocycles. The van der Waals surface area contributed by atoms with Gasteiger partial charge in [0.15, 0.2) is 6.10 Å². The summed E-state index contributed by atoms with van der Waals surface area (Å²) >= 11 is 0. The molecule has 1 saturated heterocycles. The van der Waals surface area contributed by atoms with Crippen molar-refractivity contribution in [1.29, 1.82) is 0 Å². The first-order valence-corrected chi connectivity index (χ1v) is 10.5. The van der Waals surface area contributed by atoms with Gasteiger partial charge in [-0.15, -0.1) is 0 Å². The third-order valence-electron chi connectivity index (χ3n) is 6.09. The number of fused-ring (bicyclic) bond motifs is 2. The van der Waals surface area contributed by atoms with Crippen LogP contribution >= 0.6 is 0 Å². The van der Waals surface area contributed by atoms with Crippen LogP contribution in [0, 0.1) is 0 Å². The number of aromatic nitrogens is 1. The predicted molar refractivity (Wildman–Crippen MR) is 116 cm³/mol. The van der Waals surface area contributed by atoms with Gasteiger partial charge >= 0.3 is 0 Å². The Morgan fingerprint density at radius 1 is 0.967 bits per heavy atom. The summed E-state index contributed by atoms with van der Waals surface area (Å²) < 4.78 is 8.03. The second-order valence-corrected chi connectivity index (χ2v) is 8.05. The lowest BCUT2D eigenvalue weighted by Crippen LogP contribution is -2.52. The highest BCUT2D eigenvalue weighted by Gasteiger charge is 2.37. The predicted octanol–water partition coefficient (Wildman–Crippen LogP) is 3.60. The fourth-order valence-electron chi connectivity index (χ4n) is 4.53. The molecule has 0 radical (unpaired) electrons. The number of piperidine rings is 1. The van der Waals surface area contributed by atoms with E-state index in [1.54, 1.807) is 4.90 Å². The zero-order chi connectivity index (χ0) is 20.7. The molecule has 0 spiro atoms. The van der Waals surface area contributed by atoms with Crippen molar-refractivity contribution in [2.75, 3.05) is 24.5 Å². The average molecular weight is 403 g/mol. The van der Waals surface area contributed by atoms with E-state index in [0.717, 1.165) is 43.3 Å². The van der Waals surface area contributed by atoms with Crippen LogP contribution in [0.2, 0.25) is 0 Å². The first kappa shape index (κ1) is 18.7. The highest BCUT2D eigenvalue weighted by atomic mass is 16.5. The number of carbonyl (C=O) groups is 2. The number of nitrogens with zero attached hydrogens (tertiary/aromatic N) is 3. The third-order valence-corrected chi connectivity index (χ3v) is 6.09. The Morgan fingerprint density at radius 3 is 2.53 bits per heavy atom. The molecule has 6 nitrogen and oxygen atoms in total. The Hall–Kier alpha value is -3.28. The maximum Gasteiger partial charge on any atom is 0.265 e. The Labute approximate surface area is 175 Å². The van der Waals surface area contributed by atoms with Crippen LogP contribution < -0.4 is 9.64 Å². The van der Waals surface area contributed by atoms with Crippen LogP contribution in [-0.2, 0) is 11.8 Å². The first-order valence-electron chi connectivity index (χ1n) is 10.5. The zero-order valence-electron chi connectivity index (χ0n) is 17.1. The van der Waals surface area contributed by atoms with Gasteiger partial charge in [0.1, 0.15) is 5.75 Å². The second kappa shape index (κ2) is 7.52. The quantitative estimate of drug-likeness (QED) is 0.657. The molecule has 5 rings (SSSR count). The number of rotatable bonds is 2. The Morgan fingerprint density at radius 2 is 1.70 bits per heavy atom. The Bertz CT molecular complexity index is 1110. The zero-order valence-corrected chi connectivity index (χ0v) is 17.1. The van der Waals surface area contributed by atoms with Gasteiger partial charge < -0.3 is 19.1 Å². The van der Waals surface area contributed by atoms with Gasteiger partial charge in [-0.25, -0.2) is 0 Å². The normalized spacial score (nSPS) is 18.8. The molecule has 30 heavy (non-hydrogen) atoms. The molecule has 0 aliphatic carbocycles. The van der Waals surface area contributed by atoms with E-state index < -0.39 is 6.10 Å². The summed E-state index contributed by atoms with van der Waals surface area (Å²) in [6.45, 7) is 1.74. The third kappa shape index (κ3) is 3.12. The molecular formula is C24H25N3O3. The summed E-state index contributed by atoms with van der Waals surface area (Å²) in [4.78, 5) is 30.4. The molecule has 1 aromatic heterocycles. The van der Waals surface area contributed by atoms with Crippen molar-refractivity contribution in [3.8, 4) is 5.75 Å². The van der Waals surface area contributed by atoms with Crippen molar-refractivity contribution < 1.29 is 14.3 Å². The maximum atomic E-state index is 13.7. The van der Waals surface area contributed by atoms with Crippen LogP contribution in [0.25, 0.3) is 10.9 Å². The lowest BCUT2D eigenvalue weighted by atomic mass is 10.1. The number of benzene rings is 2. The first-order chi connectivity index (χ1) is 14.6. The minimum atomic E-state index is -0.683. The highest BCUT2D eigenvalue weighted by Crippen LogP contribution is 2.35. The summed E-state index contributed by atoms with van der Waals surface area (Å²) in [5, 5.41) is 0.910. The van der Waals surface area contributed by atoms with Gasteiger partial charge in [0.05, 0.1) is 17.8 Å². The number of anilines is 1. The van der Waals surface area contributed by atoms with Gasteiger partial charge in [-0.2, -0.15) is 0 Å². The summed E-state index contributed by atoms with van der Waals surface area (Å²) in [6.07, 6.45) is 4.38. The molecule has 3 aromatic rings. The fraction of sp³-hybridized carbons (Fsp3) is 0.333. The second-order valence-electron chi connectivity index (χ2n) is 8.05. The topological polar surface area (TPSA) is 54.8 Å². The van der Waals surface area contributed by atoms with Crippen LogP contribution in [-0.4, -0.2) is 47.0 Å². The SMILES string of the molecule is Cn1cc(C(=O)N2C[C@H](C(=O)N3CCCCC3)Oc3ccccc32)c2ccccc21. The summed E-state index contributed by atoms with van der Waals surface area (Å²) in [6, 6.07) is 15.3. The minimum absolute atomic E-state index is 0.0278. The molecule has 6 heteroatoms. The van der Waals surface area contributed by atoms with Crippen molar-refractivity contribution in [2.24, 2.45) is 7.05 Å². The number of carbonyl (C=O) groups excluding carboxylic acids is 2. The largest absolute Gasteiger partial charge is 0.476 e. The minimum Gasteiger partial charge on any atom is -0.476 e. The van der Waals surface area contributed by atoms with Gasteiger partial charge in [-0.05, 0) is 37.5 Å². The number of para-hydroxylation sites is 3. The Kier molecular flexibility index (Phi) is 4.69. The van der Waals surface area contributed by atoms with Gasteiger partial charge in [0.25, 0.3) is 11.8 Å². The van der Waals surface area contributed by atoms with Crippen molar-refractivity contribution in [1.82, 2.24) is 9.47 Å². The number of hydrogen-bond acceptors (Lipinski definition) is 3. The Balaban J connectivity index is 1.51. The standard InChI is InChI=1S/C24H25N3O3/c1-25-15-18(17-9-3-4-10-19(17)25)23(28)27-16-22(24(29)26-13-7-2-8-14-26)30-21-12-6-5-11-20(21)27/h3-6,9-12,15,22H,2,7-8,13-14,16H2,1H3/t22-/m1/s1. The van der Waals surface area contributed by atoms with Crippen molar-refractivity contribution in [2.45, 2.75) is 25.4 Å². The smallest absolute Gasteiger partial charge is 0.265 e. The molecule has 2 aromatic carbocycles. The summed E-state index contributed by atoms with van der Waals surface area (Å²) in [7, 11) is 1.94. The van der Waals surface area contributed by atoms with Crippen LogP contribution in [0.1, 0.15) is 29.6 Å². The van der Waals surface area contributed by atoms with E-state index in [1.165, 1.54) is 0 Å². The molecule has 0 unspecified atom stereocenters. The van der Waals surface area contributed by atoms with Gasteiger partial charge in [-0.3, -0.25) is 9.59 Å². The molecule has 154 valence electrons. The molecule has 1 fully saturated rings. The van der Waals surface area contributed by atoms with Gasteiger partial charge in [-0.1, -0.05) is 30.3 Å². The fourth-order valence-corrected chi connectivity index (χ4v) is 4.53. The molecule has 0 bridgehead atoms. The van der Waals surface area contributed by atoms with Crippen LogP contribution in [0.4, 0.5) is 5.69 Å². The number of aryl methyl sites for hydroxylation is 1. The molecule has 3 heterocycles. The van der Waals surface area contributed by atoms with Gasteiger partial charge in [0.2, 0.25) is 0 Å². The molecule has 2 amide bonds. The average Bonchev–Trinajstić information content (AvgIpc) is 3.14. The van der Waals surface area contributed by atoms with E-state index in [9.17, 15) is 9.59 Å². The lowest BCUT2D eigenvalue weighted by molar-refractivity contribution is -0.139. The number of likely N-dealkylation sites (tertiary alicyclic amines) is 1. The number of amides is 2. The van der Waals surface area contributed by atoms with E-state index >= 15 is 0 Å². The van der Waals surface area contributed by atoms with E-state index in [-0.39, 0.29) is 18.4 Å². The molecule has 0 N–H and O–H groups in total. The number of hydrogen-bond donors (Lipinski definition) is 0. The van der Waals surface area contributed by atoms with E-state index in [2.05, 4.69) is 0 Å². The highest BCUT2D eigenvalue weighted by molar-refractivity contribution is 6.15.